The molecule has 1 fully saturated rings. The lowest BCUT2D eigenvalue weighted by molar-refractivity contribution is -0.384. The van der Waals surface area contributed by atoms with Crippen molar-refractivity contribution in [1.29, 1.82) is 0 Å². The third-order valence-electron chi connectivity index (χ3n) is 3.41. The van der Waals surface area contributed by atoms with Crippen molar-refractivity contribution >= 4 is 17.3 Å². The van der Waals surface area contributed by atoms with Crippen molar-refractivity contribution in [1.82, 2.24) is 4.98 Å². The van der Waals surface area contributed by atoms with Gasteiger partial charge in [-0.2, -0.15) is 0 Å². The van der Waals surface area contributed by atoms with Crippen LogP contribution >= 0.6 is 0 Å². The van der Waals surface area contributed by atoms with Gasteiger partial charge in [0.05, 0.1) is 4.92 Å². The van der Waals surface area contributed by atoms with Gasteiger partial charge in [-0.1, -0.05) is 13.8 Å². The summed E-state index contributed by atoms with van der Waals surface area (Å²) in [5.41, 5.74) is 2.49. The van der Waals surface area contributed by atoms with Gasteiger partial charge < -0.3 is 10.3 Å². The average Bonchev–Trinajstić information content (AvgIpc) is 3.22. The molecule has 20 heavy (non-hydrogen) atoms. The molecule has 0 atom stereocenters. The van der Waals surface area contributed by atoms with E-state index in [4.69, 9.17) is 5.84 Å². The zero-order valence-corrected chi connectivity index (χ0v) is 11.9. The molecule has 0 spiro atoms. The Morgan fingerprint density at radius 1 is 1.55 bits per heavy atom. The fourth-order valence-electron chi connectivity index (χ4n) is 2.12. The van der Waals surface area contributed by atoms with Gasteiger partial charge in [-0.15, -0.1) is 0 Å². The molecule has 7 nitrogen and oxygen atoms in total. The summed E-state index contributed by atoms with van der Waals surface area (Å²) in [5, 5.41) is 11.2. The van der Waals surface area contributed by atoms with E-state index in [9.17, 15) is 10.1 Å². The molecule has 0 saturated heterocycles. The molecule has 1 aliphatic rings. The summed E-state index contributed by atoms with van der Waals surface area (Å²) >= 11 is 0. The van der Waals surface area contributed by atoms with Crippen molar-refractivity contribution in [3.63, 3.8) is 0 Å². The molecule has 110 valence electrons. The first kappa shape index (κ1) is 14.5. The number of hydrogen-bond donors (Lipinski definition) is 2. The molecule has 0 unspecified atom stereocenters. The maximum atomic E-state index is 11.2. The largest absolute Gasteiger partial charge is 0.348 e. The van der Waals surface area contributed by atoms with Crippen molar-refractivity contribution in [2.24, 2.45) is 11.8 Å². The zero-order chi connectivity index (χ0) is 14.7. The SMILES string of the molecule is CC(C)CCN(c1nc(NN)ccc1[N+](=O)[O-])C1CC1. The first-order valence-electron chi connectivity index (χ1n) is 6.91. The van der Waals surface area contributed by atoms with Crippen LogP contribution < -0.4 is 16.2 Å². The number of rotatable bonds is 7. The number of nitrogens with two attached hydrogens (primary N) is 1. The summed E-state index contributed by atoms with van der Waals surface area (Å²) in [6.45, 7) is 5.07. The highest BCUT2D eigenvalue weighted by Crippen LogP contribution is 2.36. The second kappa shape index (κ2) is 6.04. The minimum absolute atomic E-state index is 0.0413. The highest BCUT2D eigenvalue weighted by molar-refractivity contribution is 5.62. The first-order valence-corrected chi connectivity index (χ1v) is 6.91. The lowest BCUT2D eigenvalue weighted by Crippen LogP contribution is -2.29. The van der Waals surface area contributed by atoms with Gasteiger partial charge in [0.1, 0.15) is 5.82 Å². The van der Waals surface area contributed by atoms with E-state index < -0.39 is 0 Å². The van der Waals surface area contributed by atoms with Crippen molar-refractivity contribution in [3.8, 4) is 0 Å². The first-order chi connectivity index (χ1) is 9.52. The number of aromatic nitrogens is 1. The Labute approximate surface area is 118 Å². The maximum absolute atomic E-state index is 11.2. The molecule has 1 aliphatic carbocycles. The van der Waals surface area contributed by atoms with Crippen LogP contribution in [0.15, 0.2) is 12.1 Å². The Bertz CT molecular complexity index is 488. The number of nitrogens with zero attached hydrogens (tertiary/aromatic N) is 3. The minimum atomic E-state index is -0.382. The van der Waals surface area contributed by atoms with E-state index in [0.29, 0.717) is 23.6 Å². The van der Waals surface area contributed by atoms with Gasteiger partial charge in [-0.3, -0.25) is 10.1 Å². The third-order valence-corrected chi connectivity index (χ3v) is 3.41. The van der Waals surface area contributed by atoms with Crippen LogP contribution in [0.25, 0.3) is 0 Å². The molecule has 1 aromatic rings. The number of hydrogen-bond acceptors (Lipinski definition) is 6. The number of anilines is 2. The van der Waals surface area contributed by atoms with Crippen molar-refractivity contribution in [2.45, 2.75) is 39.2 Å². The molecule has 1 saturated carbocycles. The average molecular weight is 279 g/mol. The molecule has 1 aromatic heterocycles. The second-order valence-corrected chi connectivity index (χ2v) is 5.55. The number of pyridine rings is 1. The second-order valence-electron chi connectivity index (χ2n) is 5.55. The summed E-state index contributed by atoms with van der Waals surface area (Å²) < 4.78 is 0. The van der Waals surface area contributed by atoms with E-state index in [1.807, 2.05) is 0 Å². The zero-order valence-electron chi connectivity index (χ0n) is 11.9. The Hall–Kier alpha value is -1.89. The van der Waals surface area contributed by atoms with Gasteiger partial charge in [-0.25, -0.2) is 10.8 Å². The molecule has 2 rings (SSSR count). The van der Waals surface area contributed by atoms with Gasteiger partial charge in [-0.05, 0) is 31.2 Å². The summed E-state index contributed by atoms with van der Waals surface area (Å²) in [6.07, 6.45) is 3.12. The highest BCUT2D eigenvalue weighted by Gasteiger charge is 2.34. The van der Waals surface area contributed by atoms with Crippen LogP contribution in [0.4, 0.5) is 17.3 Å². The van der Waals surface area contributed by atoms with E-state index in [1.54, 1.807) is 0 Å². The van der Waals surface area contributed by atoms with Gasteiger partial charge in [0.2, 0.25) is 5.82 Å². The monoisotopic (exact) mass is 279 g/mol. The van der Waals surface area contributed by atoms with E-state index >= 15 is 0 Å². The van der Waals surface area contributed by atoms with Crippen LogP contribution in [0.5, 0.6) is 0 Å². The summed E-state index contributed by atoms with van der Waals surface area (Å²) in [4.78, 5) is 17.2. The van der Waals surface area contributed by atoms with Gasteiger partial charge in [0, 0.05) is 18.7 Å². The lowest BCUT2D eigenvalue weighted by Gasteiger charge is -2.24. The molecule has 0 aliphatic heterocycles. The van der Waals surface area contributed by atoms with E-state index in [2.05, 4.69) is 29.2 Å². The predicted octanol–water partition coefficient (Wildman–Crippen LogP) is 2.29. The predicted molar refractivity (Wildman–Crippen MR) is 78.5 cm³/mol. The summed E-state index contributed by atoms with van der Waals surface area (Å²) in [6, 6.07) is 3.35. The quantitative estimate of drug-likeness (QED) is 0.451. The molecule has 3 N–H and O–H groups in total. The van der Waals surface area contributed by atoms with Crippen molar-refractivity contribution < 1.29 is 4.92 Å². The normalized spacial score (nSPS) is 14.4. The molecular formula is C13H21N5O2. The number of nitrogens with one attached hydrogen (secondary N) is 1. The Balaban J connectivity index is 2.32. The highest BCUT2D eigenvalue weighted by atomic mass is 16.6. The molecule has 7 heteroatoms. The Kier molecular flexibility index (Phi) is 4.39. The minimum Gasteiger partial charge on any atom is -0.348 e. The number of nitro groups is 1. The smallest absolute Gasteiger partial charge is 0.311 e. The fraction of sp³-hybridized carbons (Fsp3) is 0.615. The van der Waals surface area contributed by atoms with E-state index in [-0.39, 0.29) is 10.6 Å². The molecule has 0 aromatic carbocycles. The van der Waals surface area contributed by atoms with Crippen LogP contribution in [0.1, 0.15) is 33.1 Å². The Morgan fingerprint density at radius 2 is 2.25 bits per heavy atom. The third kappa shape index (κ3) is 3.36. The fourth-order valence-corrected chi connectivity index (χ4v) is 2.12. The van der Waals surface area contributed by atoms with Crippen LogP contribution in [0.3, 0.4) is 0 Å². The van der Waals surface area contributed by atoms with E-state index in [0.717, 1.165) is 25.8 Å². The van der Waals surface area contributed by atoms with Gasteiger partial charge in [0.25, 0.3) is 0 Å². The molecule has 0 bridgehead atoms. The summed E-state index contributed by atoms with van der Waals surface area (Å²) in [7, 11) is 0. The van der Waals surface area contributed by atoms with Crippen molar-refractivity contribution in [3.05, 3.63) is 22.2 Å². The summed E-state index contributed by atoms with van der Waals surface area (Å²) in [5.74, 6) is 6.78. The van der Waals surface area contributed by atoms with Crippen molar-refractivity contribution in [2.75, 3.05) is 16.9 Å². The molecular weight excluding hydrogens is 258 g/mol. The molecule has 1 heterocycles. The van der Waals surface area contributed by atoms with Gasteiger partial charge in [0.15, 0.2) is 0 Å². The van der Waals surface area contributed by atoms with Crippen LogP contribution in [0.2, 0.25) is 0 Å². The standard InChI is InChI=1S/C13H21N5O2/c1-9(2)7-8-17(10-3-4-10)13-11(18(19)20)5-6-12(15-13)16-14/h5-6,9-10H,3-4,7-8,14H2,1-2H3,(H,15,16). The lowest BCUT2D eigenvalue weighted by atomic mass is 10.1. The molecule has 0 radical (unpaired) electrons. The number of nitrogen functional groups attached to an aromatic ring is 1. The van der Waals surface area contributed by atoms with E-state index in [1.165, 1.54) is 12.1 Å². The number of hydrazine groups is 1. The Morgan fingerprint density at radius 3 is 2.75 bits per heavy atom. The van der Waals surface area contributed by atoms with Crippen LogP contribution in [-0.4, -0.2) is 22.5 Å². The molecule has 0 amide bonds. The van der Waals surface area contributed by atoms with Crippen LogP contribution in [-0.2, 0) is 0 Å². The topological polar surface area (TPSA) is 97.3 Å². The maximum Gasteiger partial charge on any atom is 0.311 e. The van der Waals surface area contributed by atoms with Gasteiger partial charge >= 0.3 is 5.69 Å². The van der Waals surface area contributed by atoms with Crippen LogP contribution in [0, 0.1) is 16.0 Å².